The van der Waals surface area contributed by atoms with Crippen molar-refractivity contribution in [1.29, 1.82) is 0 Å². The molecular weight excluding hydrogens is 329 g/mol. The van der Waals surface area contributed by atoms with Gasteiger partial charge in [-0.3, -0.25) is 0 Å². The highest BCUT2D eigenvalue weighted by atomic mass is 19.4. The third-order valence-corrected chi connectivity index (χ3v) is 3.79. The van der Waals surface area contributed by atoms with Gasteiger partial charge in [0.2, 0.25) is 0 Å². The average molecular weight is 346 g/mol. The Morgan fingerprint density at radius 2 is 1.92 bits per heavy atom. The van der Waals surface area contributed by atoms with Crippen molar-refractivity contribution in [3.8, 4) is 0 Å². The number of carbonyl (C=O) groups is 2. The lowest BCUT2D eigenvalue weighted by Crippen LogP contribution is -2.56. The second-order valence-electron chi connectivity index (χ2n) is 5.31. The van der Waals surface area contributed by atoms with Crippen molar-refractivity contribution in [3.63, 3.8) is 0 Å². The molecule has 3 amide bonds. The van der Waals surface area contributed by atoms with E-state index in [0.717, 1.165) is 12.1 Å². The lowest BCUT2D eigenvalue weighted by molar-refractivity contribution is -0.137. The molecule has 1 aliphatic heterocycles. The lowest BCUT2D eigenvalue weighted by Gasteiger charge is -2.40. The number of nitrogens with zero attached hydrogens (tertiary/aromatic N) is 2. The molecule has 132 valence electrons. The summed E-state index contributed by atoms with van der Waals surface area (Å²) >= 11 is 0. The summed E-state index contributed by atoms with van der Waals surface area (Å²) in [6, 6.07) is 2.90. The van der Waals surface area contributed by atoms with Gasteiger partial charge in [-0.05, 0) is 24.6 Å². The van der Waals surface area contributed by atoms with Crippen molar-refractivity contribution in [3.05, 3.63) is 35.4 Å². The fraction of sp³-hybridized carbons (Fsp3) is 0.467. The first kappa shape index (κ1) is 18.1. The maximum absolute atomic E-state index is 12.6. The highest BCUT2D eigenvalue weighted by molar-refractivity contribution is 5.91. The molecule has 6 nitrogen and oxygen atoms in total. The van der Waals surface area contributed by atoms with Gasteiger partial charge in [-0.25, -0.2) is 14.5 Å². The Morgan fingerprint density at radius 3 is 2.42 bits per heavy atom. The number of carbonyl (C=O) groups excluding carboxylic acids is 2. The molecule has 1 fully saturated rings. The Labute approximate surface area is 136 Å². The fourth-order valence-electron chi connectivity index (χ4n) is 2.54. The van der Waals surface area contributed by atoms with E-state index in [1.807, 2.05) is 0 Å². The largest absolute Gasteiger partial charge is 0.449 e. The molecule has 1 heterocycles. The van der Waals surface area contributed by atoms with E-state index < -0.39 is 36.1 Å². The van der Waals surface area contributed by atoms with Crippen molar-refractivity contribution in [2.45, 2.75) is 31.8 Å². The van der Waals surface area contributed by atoms with E-state index >= 15 is 0 Å². The van der Waals surface area contributed by atoms with Crippen molar-refractivity contribution in [2.75, 3.05) is 13.7 Å². The summed E-state index contributed by atoms with van der Waals surface area (Å²) in [4.78, 5) is 25.8. The molecule has 9 heteroatoms. The number of imide groups is 1. The van der Waals surface area contributed by atoms with Crippen LogP contribution in [0.15, 0.2) is 24.3 Å². The first-order valence-corrected chi connectivity index (χ1v) is 7.24. The van der Waals surface area contributed by atoms with E-state index in [1.165, 1.54) is 24.1 Å². The second-order valence-corrected chi connectivity index (χ2v) is 5.31. The molecule has 2 atom stereocenters. The van der Waals surface area contributed by atoms with Gasteiger partial charge in [0.1, 0.15) is 6.23 Å². The minimum absolute atomic E-state index is 0.0353. The minimum atomic E-state index is -4.45. The van der Waals surface area contributed by atoms with Crippen LogP contribution in [-0.2, 0) is 10.9 Å². The number of ether oxygens (including phenoxy) is 1. The van der Waals surface area contributed by atoms with Crippen molar-refractivity contribution < 1.29 is 32.6 Å². The molecule has 0 radical (unpaired) electrons. The zero-order chi connectivity index (χ0) is 18.1. The van der Waals surface area contributed by atoms with Crippen LogP contribution in [0.4, 0.5) is 22.8 Å². The Kier molecular flexibility index (Phi) is 5.02. The molecule has 1 aromatic rings. The van der Waals surface area contributed by atoms with Crippen LogP contribution in [0.5, 0.6) is 0 Å². The molecule has 0 bridgehead atoms. The monoisotopic (exact) mass is 346 g/mol. The molecule has 0 aromatic heterocycles. The van der Waals surface area contributed by atoms with Crippen LogP contribution in [0.25, 0.3) is 0 Å². The lowest BCUT2D eigenvalue weighted by atomic mass is 9.98. The topological polar surface area (TPSA) is 70.1 Å². The van der Waals surface area contributed by atoms with Gasteiger partial charge in [0.15, 0.2) is 0 Å². The van der Waals surface area contributed by atoms with Gasteiger partial charge >= 0.3 is 18.3 Å². The quantitative estimate of drug-likeness (QED) is 0.894. The predicted octanol–water partition coefficient (Wildman–Crippen LogP) is 2.98. The molecule has 0 saturated carbocycles. The van der Waals surface area contributed by atoms with E-state index in [4.69, 9.17) is 4.74 Å². The van der Waals surface area contributed by atoms with Crippen LogP contribution in [0.1, 0.15) is 30.5 Å². The maximum atomic E-state index is 12.6. The van der Waals surface area contributed by atoms with Gasteiger partial charge in [-0.1, -0.05) is 12.1 Å². The Morgan fingerprint density at radius 1 is 1.33 bits per heavy atom. The molecule has 1 N–H and O–H groups in total. The molecule has 2 unspecified atom stereocenters. The third kappa shape index (κ3) is 3.45. The highest BCUT2D eigenvalue weighted by Gasteiger charge is 2.42. The number of halogens is 3. The van der Waals surface area contributed by atoms with Gasteiger partial charge in [-0.2, -0.15) is 13.2 Å². The van der Waals surface area contributed by atoms with Gasteiger partial charge < -0.3 is 14.7 Å². The number of benzene rings is 1. The Bertz CT molecular complexity index is 618. The van der Waals surface area contributed by atoms with Crippen LogP contribution in [-0.4, -0.2) is 46.9 Å². The standard InChI is InChI=1S/C15H17F3N2O4/c1-3-24-14(23)20-12(21)8-11(19(2)13(20)22)9-4-6-10(7-5-9)15(16,17)18/h4-7,11-12,21H,3,8H2,1-2H3. The number of hydrogen-bond acceptors (Lipinski definition) is 4. The van der Waals surface area contributed by atoms with E-state index in [9.17, 15) is 27.9 Å². The molecule has 2 rings (SSSR count). The van der Waals surface area contributed by atoms with Gasteiger partial charge in [0.25, 0.3) is 0 Å². The number of aliphatic hydroxyl groups excluding tert-OH is 1. The van der Waals surface area contributed by atoms with Crippen molar-refractivity contribution in [1.82, 2.24) is 9.80 Å². The fourth-order valence-corrected chi connectivity index (χ4v) is 2.54. The third-order valence-electron chi connectivity index (χ3n) is 3.79. The summed E-state index contributed by atoms with van der Waals surface area (Å²) < 4.78 is 42.6. The zero-order valence-corrected chi connectivity index (χ0v) is 13.1. The van der Waals surface area contributed by atoms with E-state index in [2.05, 4.69) is 0 Å². The molecule has 1 aliphatic rings. The summed E-state index contributed by atoms with van der Waals surface area (Å²) in [6.45, 7) is 1.61. The van der Waals surface area contributed by atoms with Crippen molar-refractivity contribution in [2.24, 2.45) is 0 Å². The van der Waals surface area contributed by atoms with Crippen LogP contribution in [0, 0.1) is 0 Å². The van der Waals surface area contributed by atoms with Crippen LogP contribution < -0.4 is 0 Å². The molecule has 24 heavy (non-hydrogen) atoms. The van der Waals surface area contributed by atoms with E-state index in [0.29, 0.717) is 10.5 Å². The van der Waals surface area contributed by atoms with Crippen LogP contribution in [0.2, 0.25) is 0 Å². The summed E-state index contributed by atoms with van der Waals surface area (Å²) in [5, 5.41) is 10.1. The number of urea groups is 1. The molecule has 0 spiro atoms. The predicted molar refractivity (Wildman–Crippen MR) is 76.8 cm³/mol. The summed E-state index contributed by atoms with van der Waals surface area (Å²) in [5.41, 5.74) is -0.369. The van der Waals surface area contributed by atoms with Crippen molar-refractivity contribution >= 4 is 12.1 Å². The molecule has 1 aromatic carbocycles. The Balaban J connectivity index is 2.22. The summed E-state index contributed by atoms with van der Waals surface area (Å²) in [7, 11) is 1.41. The van der Waals surface area contributed by atoms with Crippen LogP contribution >= 0.6 is 0 Å². The minimum Gasteiger partial charge on any atom is -0.449 e. The molecule has 1 saturated heterocycles. The van der Waals surface area contributed by atoms with E-state index in [-0.39, 0.29) is 13.0 Å². The average Bonchev–Trinajstić information content (AvgIpc) is 2.50. The summed E-state index contributed by atoms with van der Waals surface area (Å²) in [6.07, 6.45) is -6.87. The van der Waals surface area contributed by atoms with Crippen LogP contribution in [0.3, 0.4) is 0 Å². The first-order chi connectivity index (χ1) is 11.2. The van der Waals surface area contributed by atoms with Gasteiger partial charge in [0.05, 0.1) is 18.2 Å². The highest BCUT2D eigenvalue weighted by Crippen LogP contribution is 2.34. The normalized spacial score (nSPS) is 21.8. The van der Waals surface area contributed by atoms with E-state index in [1.54, 1.807) is 6.92 Å². The number of amides is 3. The molecule has 0 aliphatic carbocycles. The van der Waals surface area contributed by atoms with Gasteiger partial charge in [-0.15, -0.1) is 0 Å². The molecular formula is C15H17F3N2O4. The number of alkyl halides is 3. The smallest absolute Gasteiger partial charge is 0.420 e. The number of hydrogen-bond donors (Lipinski definition) is 1. The number of aliphatic hydroxyl groups is 1. The SMILES string of the molecule is CCOC(=O)N1C(=O)N(C)C(c2ccc(C(F)(F)F)cc2)CC1O. The Hall–Kier alpha value is -2.29. The first-order valence-electron chi connectivity index (χ1n) is 7.24. The summed E-state index contributed by atoms with van der Waals surface area (Å²) in [5.74, 6) is 0. The van der Waals surface area contributed by atoms with Gasteiger partial charge in [0, 0.05) is 13.5 Å². The number of rotatable bonds is 2. The zero-order valence-electron chi connectivity index (χ0n) is 13.1. The second kappa shape index (κ2) is 6.68. The maximum Gasteiger partial charge on any atom is 0.420 e.